The Balaban J connectivity index is 0.00000112. The molecule has 0 radical (unpaired) electrons. The number of amides is 1. The fourth-order valence-electron chi connectivity index (χ4n) is 1.34. The first kappa shape index (κ1) is 12.3. The molecule has 1 aromatic rings. The average Bonchev–Trinajstić information content (AvgIpc) is 2.57. The Morgan fingerprint density at radius 3 is 2.87 bits per heavy atom. The third-order valence-electron chi connectivity index (χ3n) is 2.03. The fraction of sp³-hybridized carbons (Fsp3) is 0.222. The van der Waals surface area contributed by atoms with E-state index < -0.39 is 6.09 Å². The van der Waals surface area contributed by atoms with Gasteiger partial charge in [0.15, 0.2) is 0 Å². The van der Waals surface area contributed by atoms with Crippen LogP contribution in [0.25, 0.3) is 0 Å². The van der Waals surface area contributed by atoms with E-state index >= 15 is 0 Å². The zero-order valence-electron chi connectivity index (χ0n) is 7.50. The molecule has 0 unspecified atom stereocenters. The number of hydrogen-bond acceptors (Lipinski definition) is 2. The number of ether oxygens (including phenoxy) is 1. The van der Waals surface area contributed by atoms with Gasteiger partial charge >= 0.3 is 6.09 Å². The third-order valence-corrected chi connectivity index (χ3v) is 2.64. The molecular weight excluding hydrogens is 288 g/mol. The number of carbonyl (C=O) groups is 1. The van der Waals surface area contributed by atoms with E-state index in [1.54, 1.807) is 18.2 Å². The molecule has 0 spiro atoms. The summed E-state index contributed by atoms with van der Waals surface area (Å²) in [5, 5.41) is 2.52. The van der Waals surface area contributed by atoms with Gasteiger partial charge in [-0.15, -0.1) is 12.4 Å². The molecule has 0 bridgehead atoms. The van der Waals surface area contributed by atoms with E-state index in [-0.39, 0.29) is 30.9 Å². The normalized spacial score (nSPS) is 19.1. The zero-order valence-corrected chi connectivity index (χ0v) is 9.90. The largest absolute Gasteiger partial charge is 0.447 e. The van der Waals surface area contributed by atoms with Gasteiger partial charge in [0.1, 0.15) is 12.4 Å². The summed E-state index contributed by atoms with van der Waals surface area (Å²) in [5.41, 5.74) is 0.435. The summed E-state index contributed by atoms with van der Waals surface area (Å²) in [7, 11) is 0. The van der Waals surface area contributed by atoms with Gasteiger partial charge in [-0.1, -0.05) is 12.1 Å². The van der Waals surface area contributed by atoms with Crippen LogP contribution in [0.15, 0.2) is 22.7 Å². The average molecular weight is 297 g/mol. The molecule has 15 heavy (non-hydrogen) atoms. The lowest BCUT2D eigenvalue weighted by molar-refractivity contribution is 0.176. The zero-order chi connectivity index (χ0) is 10.1. The summed E-state index contributed by atoms with van der Waals surface area (Å²) in [6, 6.07) is 4.56. The van der Waals surface area contributed by atoms with E-state index in [0.29, 0.717) is 10.0 Å². The highest BCUT2D eigenvalue weighted by Crippen LogP contribution is 2.25. The molecule has 1 aromatic carbocycles. The Bertz CT molecular complexity index is 388. The molecule has 82 valence electrons. The fourth-order valence-corrected chi connectivity index (χ4v) is 1.72. The number of hydrogen-bond donors (Lipinski definition) is 1. The van der Waals surface area contributed by atoms with E-state index in [0.717, 1.165) is 0 Å². The van der Waals surface area contributed by atoms with Crippen molar-refractivity contribution in [2.75, 3.05) is 6.61 Å². The summed E-state index contributed by atoms with van der Waals surface area (Å²) >= 11 is 3.08. The van der Waals surface area contributed by atoms with Gasteiger partial charge in [-0.2, -0.15) is 0 Å². The standard InChI is InChI=1S/C9H7BrFNO2.ClH/c10-6-3-1-2-5(8(6)11)7-4-14-9(13)12-7;/h1-3,7H,4H2,(H,12,13);1H/t7-;/m0./s1. The number of carbonyl (C=O) groups excluding carboxylic acids is 1. The quantitative estimate of drug-likeness (QED) is 0.865. The summed E-state index contributed by atoms with van der Waals surface area (Å²) in [4.78, 5) is 10.8. The Hall–Kier alpha value is -0.810. The van der Waals surface area contributed by atoms with Gasteiger partial charge in [0.2, 0.25) is 0 Å². The number of cyclic esters (lactones) is 1. The molecule has 1 aliphatic heterocycles. The number of halogens is 3. The summed E-state index contributed by atoms with van der Waals surface area (Å²) in [6.45, 7) is 0.173. The molecule has 0 saturated carbocycles. The van der Waals surface area contributed by atoms with Crippen LogP contribution in [0, 0.1) is 5.82 Å². The first-order chi connectivity index (χ1) is 6.68. The van der Waals surface area contributed by atoms with Crippen LogP contribution in [0.3, 0.4) is 0 Å². The van der Waals surface area contributed by atoms with Gasteiger partial charge in [0.05, 0.1) is 10.5 Å². The molecule has 6 heteroatoms. The molecule has 2 rings (SSSR count). The first-order valence-corrected chi connectivity index (χ1v) is 4.85. The predicted molar refractivity (Wildman–Crippen MR) is 58.6 cm³/mol. The molecule has 0 aliphatic carbocycles. The van der Waals surface area contributed by atoms with Crippen LogP contribution in [0.5, 0.6) is 0 Å². The third kappa shape index (κ3) is 2.41. The maximum atomic E-state index is 13.5. The number of nitrogens with one attached hydrogen (secondary N) is 1. The van der Waals surface area contributed by atoms with Crippen molar-refractivity contribution in [1.82, 2.24) is 5.32 Å². The van der Waals surface area contributed by atoms with Gasteiger partial charge in [-0.3, -0.25) is 0 Å². The van der Waals surface area contributed by atoms with Crippen molar-refractivity contribution in [3.8, 4) is 0 Å². The van der Waals surface area contributed by atoms with Gasteiger partial charge < -0.3 is 10.1 Å². The van der Waals surface area contributed by atoms with E-state index in [1.807, 2.05) is 0 Å². The van der Waals surface area contributed by atoms with Crippen LogP contribution >= 0.6 is 28.3 Å². The van der Waals surface area contributed by atoms with Gasteiger partial charge in [0.25, 0.3) is 0 Å². The van der Waals surface area contributed by atoms with E-state index in [9.17, 15) is 9.18 Å². The van der Waals surface area contributed by atoms with Crippen molar-refractivity contribution in [2.45, 2.75) is 6.04 Å². The van der Waals surface area contributed by atoms with E-state index in [2.05, 4.69) is 26.0 Å². The maximum absolute atomic E-state index is 13.5. The van der Waals surface area contributed by atoms with Crippen molar-refractivity contribution in [1.29, 1.82) is 0 Å². The minimum absolute atomic E-state index is 0. The van der Waals surface area contributed by atoms with Crippen molar-refractivity contribution >= 4 is 34.4 Å². The second-order valence-corrected chi connectivity index (χ2v) is 3.79. The molecule has 1 fully saturated rings. The van der Waals surface area contributed by atoms with Crippen LogP contribution in [0.1, 0.15) is 11.6 Å². The van der Waals surface area contributed by atoms with E-state index in [4.69, 9.17) is 0 Å². The van der Waals surface area contributed by atoms with Crippen molar-refractivity contribution in [3.05, 3.63) is 34.1 Å². The molecule has 1 heterocycles. The number of alkyl carbamates (subject to hydrolysis) is 1. The number of rotatable bonds is 1. The molecule has 0 aromatic heterocycles. The second kappa shape index (κ2) is 4.81. The highest BCUT2D eigenvalue weighted by molar-refractivity contribution is 9.10. The van der Waals surface area contributed by atoms with Gasteiger partial charge in [0, 0.05) is 5.56 Å². The van der Waals surface area contributed by atoms with Gasteiger partial charge in [-0.25, -0.2) is 9.18 Å². The van der Waals surface area contributed by atoms with Gasteiger partial charge in [-0.05, 0) is 22.0 Å². The number of benzene rings is 1. The maximum Gasteiger partial charge on any atom is 0.407 e. The molecule has 1 N–H and O–H groups in total. The molecule has 1 saturated heterocycles. The van der Waals surface area contributed by atoms with Crippen LogP contribution in [0.4, 0.5) is 9.18 Å². The topological polar surface area (TPSA) is 38.3 Å². The van der Waals surface area contributed by atoms with Crippen LogP contribution in [-0.4, -0.2) is 12.7 Å². The highest BCUT2D eigenvalue weighted by atomic mass is 79.9. The minimum atomic E-state index is -0.505. The second-order valence-electron chi connectivity index (χ2n) is 2.94. The first-order valence-electron chi connectivity index (χ1n) is 4.05. The van der Waals surface area contributed by atoms with E-state index in [1.165, 1.54) is 0 Å². The lowest BCUT2D eigenvalue weighted by Gasteiger charge is -2.09. The van der Waals surface area contributed by atoms with Crippen molar-refractivity contribution in [3.63, 3.8) is 0 Å². The molecule has 1 atom stereocenters. The SMILES string of the molecule is Cl.O=C1N[C@H](c2cccc(Br)c2F)CO1. The van der Waals surface area contributed by atoms with Crippen LogP contribution in [-0.2, 0) is 4.74 Å². The monoisotopic (exact) mass is 295 g/mol. The summed E-state index contributed by atoms with van der Waals surface area (Å²) < 4.78 is 18.6. The Kier molecular flexibility index (Phi) is 3.93. The lowest BCUT2D eigenvalue weighted by Crippen LogP contribution is -2.19. The highest BCUT2D eigenvalue weighted by Gasteiger charge is 2.26. The summed E-state index contributed by atoms with van der Waals surface area (Å²) in [6.07, 6.45) is -0.505. The molecule has 1 amide bonds. The van der Waals surface area contributed by atoms with Crippen LogP contribution in [0.2, 0.25) is 0 Å². The minimum Gasteiger partial charge on any atom is -0.447 e. The lowest BCUT2D eigenvalue weighted by atomic mass is 10.1. The predicted octanol–water partition coefficient (Wildman–Crippen LogP) is 2.79. The molecule has 3 nitrogen and oxygen atoms in total. The summed E-state index contributed by atoms with van der Waals surface area (Å²) in [5.74, 6) is -0.358. The van der Waals surface area contributed by atoms with Crippen molar-refractivity contribution < 1.29 is 13.9 Å². The molecular formula is C9H8BrClFNO2. The Morgan fingerprint density at radius 2 is 2.27 bits per heavy atom. The smallest absolute Gasteiger partial charge is 0.407 e. The van der Waals surface area contributed by atoms with Crippen molar-refractivity contribution in [2.24, 2.45) is 0 Å². The Morgan fingerprint density at radius 1 is 1.53 bits per heavy atom. The molecule has 1 aliphatic rings. The Labute approximate surface area is 101 Å². The van der Waals surface area contributed by atoms with Crippen LogP contribution < -0.4 is 5.32 Å².